The number of nitrogens with zero attached hydrogens (tertiary/aromatic N) is 1. The summed E-state index contributed by atoms with van der Waals surface area (Å²) in [5.74, 6) is -1.19. The van der Waals surface area contributed by atoms with Crippen molar-refractivity contribution in [3.05, 3.63) is 0 Å². The summed E-state index contributed by atoms with van der Waals surface area (Å²) in [5, 5.41) is 0. The van der Waals surface area contributed by atoms with Gasteiger partial charge >= 0.3 is 10.7 Å². The number of morpholine rings is 1. The molecule has 1 aliphatic heterocycles. The first-order valence-corrected chi connectivity index (χ1v) is 4.68. The molecule has 0 radical (unpaired) electrons. The summed E-state index contributed by atoms with van der Waals surface area (Å²) in [4.78, 5) is 8.77. The molecule has 0 aromatic heterocycles. The van der Waals surface area contributed by atoms with Gasteiger partial charge in [0.15, 0.2) is 0 Å². The van der Waals surface area contributed by atoms with Crippen LogP contribution in [0.25, 0.3) is 0 Å². The monoisotopic (exact) mass is 257 g/mol. The van der Waals surface area contributed by atoms with Gasteiger partial charge in [-0.2, -0.15) is 8.78 Å². The first kappa shape index (κ1) is 10.8. The maximum Gasteiger partial charge on any atom is 0.377 e. The lowest BCUT2D eigenvalue weighted by Gasteiger charge is -2.34. The van der Waals surface area contributed by atoms with Crippen LogP contribution >= 0.6 is 15.9 Å². The van der Waals surface area contributed by atoms with E-state index in [2.05, 4.69) is 0 Å². The van der Waals surface area contributed by atoms with E-state index in [-0.39, 0.29) is 12.6 Å². The average Bonchev–Trinajstić information content (AvgIpc) is 2.02. The third-order valence-electron chi connectivity index (χ3n) is 1.87. The molecule has 6 heteroatoms. The molecule has 1 unspecified atom stereocenters. The number of ether oxygens (including phenoxy) is 1. The highest BCUT2D eigenvalue weighted by atomic mass is 79.9. The molecule has 0 aromatic carbocycles. The summed E-state index contributed by atoms with van der Waals surface area (Å²) < 4.78 is 30.1. The summed E-state index contributed by atoms with van der Waals surface area (Å²) >= 11 is 2.04. The largest absolute Gasteiger partial charge is 0.377 e. The van der Waals surface area contributed by atoms with Crippen molar-refractivity contribution in [3.63, 3.8) is 0 Å². The van der Waals surface area contributed by atoms with Crippen molar-refractivity contribution < 1.29 is 18.3 Å². The highest BCUT2D eigenvalue weighted by Crippen LogP contribution is 2.26. The molecular formula is C7H10BrF2NO2. The van der Waals surface area contributed by atoms with Gasteiger partial charge in [-0.3, -0.25) is 4.79 Å². The van der Waals surface area contributed by atoms with Crippen LogP contribution in [0.5, 0.6) is 0 Å². The van der Waals surface area contributed by atoms with Crippen molar-refractivity contribution >= 4 is 21.8 Å². The van der Waals surface area contributed by atoms with Crippen LogP contribution in [0.1, 0.15) is 6.92 Å². The van der Waals surface area contributed by atoms with Crippen LogP contribution in [0.4, 0.5) is 8.78 Å². The molecule has 3 nitrogen and oxygen atoms in total. The average molecular weight is 258 g/mol. The Hall–Kier alpha value is -0.230. The Morgan fingerprint density at radius 2 is 2.31 bits per heavy atom. The Kier molecular flexibility index (Phi) is 3.23. The standard InChI is InChI=1S/C7H10BrF2NO2/c1-5-4-13-3-2-11(5)6(12)7(8,9)10/h5H,2-4H2,1H3. The van der Waals surface area contributed by atoms with Gasteiger partial charge in [-0.05, 0) is 6.92 Å². The summed E-state index contributed by atoms with van der Waals surface area (Å²) in [6, 6.07) is -0.287. The molecule has 1 amide bonds. The second-order valence-corrected chi connectivity index (χ2v) is 3.92. The molecule has 76 valence electrons. The van der Waals surface area contributed by atoms with Gasteiger partial charge in [0, 0.05) is 22.5 Å². The number of carbonyl (C=O) groups excluding carboxylic acids is 1. The lowest BCUT2D eigenvalue weighted by molar-refractivity contribution is -0.153. The first-order chi connectivity index (χ1) is 5.93. The highest BCUT2D eigenvalue weighted by Gasteiger charge is 2.41. The smallest absolute Gasteiger partial charge is 0.377 e. The van der Waals surface area contributed by atoms with Crippen molar-refractivity contribution in [3.8, 4) is 0 Å². The van der Waals surface area contributed by atoms with Crippen LogP contribution in [0, 0.1) is 0 Å². The van der Waals surface area contributed by atoms with Crippen LogP contribution in [0.3, 0.4) is 0 Å². The van der Waals surface area contributed by atoms with E-state index < -0.39 is 10.7 Å². The Morgan fingerprint density at radius 1 is 1.69 bits per heavy atom. The van der Waals surface area contributed by atoms with E-state index in [1.807, 2.05) is 15.9 Å². The molecule has 1 saturated heterocycles. The molecule has 0 saturated carbocycles. The van der Waals surface area contributed by atoms with Gasteiger partial charge in [-0.25, -0.2) is 0 Å². The van der Waals surface area contributed by atoms with Gasteiger partial charge < -0.3 is 9.64 Å². The number of alkyl halides is 3. The quantitative estimate of drug-likeness (QED) is 0.662. The molecule has 0 aromatic rings. The zero-order chi connectivity index (χ0) is 10.1. The van der Waals surface area contributed by atoms with Crippen LogP contribution in [-0.2, 0) is 9.53 Å². The van der Waals surface area contributed by atoms with Gasteiger partial charge in [0.05, 0.1) is 19.3 Å². The number of rotatable bonds is 1. The molecule has 1 rings (SSSR count). The predicted octanol–water partition coefficient (Wildman–Crippen LogP) is 1.22. The second-order valence-electron chi connectivity index (χ2n) is 2.92. The lowest BCUT2D eigenvalue weighted by Crippen LogP contribution is -2.51. The van der Waals surface area contributed by atoms with E-state index >= 15 is 0 Å². The number of halogens is 3. The second kappa shape index (κ2) is 3.88. The van der Waals surface area contributed by atoms with E-state index in [1.165, 1.54) is 0 Å². The van der Waals surface area contributed by atoms with Crippen LogP contribution in [0.15, 0.2) is 0 Å². The Bertz CT molecular complexity index is 207. The van der Waals surface area contributed by atoms with E-state index in [0.717, 1.165) is 4.90 Å². The number of amides is 1. The highest BCUT2D eigenvalue weighted by molar-refractivity contribution is 9.10. The Balaban J connectivity index is 2.64. The van der Waals surface area contributed by atoms with E-state index in [9.17, 15) is 13.6 Å². The molecule has 13 heavy (non-hydrogen) atoms. The Labute approximate surface area is 83.2 Å². The number of hydrogen-bond donors (Lipinski definition) is 0. The fourth-order valence-electron chi connectivity index (χ4n) is 1.19. The summed E-state index contributed by atoms with van der Waals surface area (Å²) in [6.45, 7) is 2.53. The summed E-state index contributed by atoms with van der Waals surface area (Å²) in [6.07, 6.45) is 0. The fraction of sp³-hybridized carbons (Fsp3) is 0.857. The maximum atomic E-state index is 12.6. The normalized spacial score (nSPS) is 24.6. The third-order valence-corrected chi connectivity index (χ3v) is 2.21. The molecule has 1 atom stereocenters. The van der Waals surface area contributed by atoms with E-state index in [4.69, 9.17) is 4.74 Å². The number of carbonyl (C=O) groups is 1. The van der Waals surface area contributed by atoms with E-state index in [0.29, 0.717) is 13.2 Å². The molecule has 1 aliphatic rings. The molecule has 1 heterocycles. The maximum absolute atomic E-state index is 12.6. The molecule has 0 aliphatic carbocycles. The minimum atomic E-state index is -3.46. The lowest BCUT2D eigenvalue weighted by atomic mass is 10.2. The topological polar surface area (TPSA) is 29.5 Å². The Morgan fingerprint density at radius 3 is 2.77 bits per heavy atom. The van der Waals surface area contributed by atoms with Crippen molar-refractivity contribution in [2.24, 2.45) is 0 Å². The van der Waals surface area contributed by atoms with Gasteiger partial charge in [-0.1, -0.05) is 0 Å². The zero-order valence-electron chi connectivity index (χ0n) is 7.10. The number of hydrogen-bond acceptors (Lipinski definition) is 2. The SMILES string of the molecule is CC1COCCN1C(=O)C(F)(F)Br. The van der Waals surface area contributed by atoms with Crippen molar-refractivity contribution in [2.45, 2.75) is 17.8 Å². The minimum Gasteiger partial charge on any atom is -0.377 e. The molecule has 0 spiro atoms. The van der Waals surface area contributed by atoms with Crippen LogP contribution < -0.4 is 0 Å². The van der Waals surface area contributed by atoms with Crippen molar-refractivity contribution in [1.29, 1.82) is 0 Å². The predicted molar refractivity (Wildman–Crippen MR) is 45.9 cm³/mol. The van der Waals surface area contributed by atoms with Crippen LogP contribution in [-0.4, -0.2) is 41.4 Å². The fourth-order valence-corrected chi connectivity index (χ4v) is 1.42. The minimum absolute atomic E-state index is 0.223. The third kappa shape index (κ3) is 2.60. The zero-order valence-corrected chi connectivity index (χ0v) is 8.68. The van der Waals surface area contributed by atoms with Crippen LogP contribution in [0.2, 0.25) is 0 Å². The van der Waals surface area contributed by atoms with Gasteiger partial charge in [0.1, 0.15) is 0 Å². The van der Waals surface area contributed by atoms with E-state index in [1.54, 1.807) is 6.92 Å². The summed E-state index contributed by atoms with van der Waals surface area (Å²) in [7, 11) is 0. The molecule has 0 bridgehead atoms. The van der Waals surface area contributed by atoms with Crippen molar-refractivity contribution in [1.82, 2.24) is 4.90 Å². The first-order valence-electron chi connectivity index (χ1n) is 3.88. The molecule has 1 fully saturated rings. The van der Waals surface area contributed by atoms with Gasteiger partial charge in [0.2, 0.25) is 0 Å². The van der Waals surface area contributed by atoms with Crippen molar-refractivity contribution in [2.75, 3.05) is 19.8 Å². The summed E-state index contributed by atoms with van der Waals surface area (Å²) in [5.41, 5.74) is 0. The van der Waals surface area contributed by atoms with Gasteiger partial charge in [-0.15, -0.1) is 0 Å². The molecule has 0 N–H and O–H groups in total. The molecular weight excluding hydrogens is 248 g/mol. The van der Waals surface area contributed by atoms with Gasteiger partial charge in [0.25, 0.3) is 0 Å².